The van der Waals surface area contributed by atoms with Crippen LogP contribution in [-0.4, -0.2) is 83.1 Å². The molecule has 2 aliphatic rings. The lowest BCUT2D eigenvalue weighted by Gasteiger charge is -2.42. The van der Waals surface area contributed by atoms with Gasteiger partial charge < -0.3 is 34.4 Å². The second kappa shape index (κ2) is 9.67. The fraction of sp³-hybridized carbons (Fsp3) is 0.650. The maximum absolute atomic E-state index is 11.7. The maximum atomic E-state index is 11.7. The molecule has 8 heteroatoms. The number of esters is 1. The van der Waals surface area contributed by atoms with Crippen molar-refractivity contribution >= 4 is 5.97 Å². The number of nitrogens with zero attached hydrogens (tertiary/aromatic N) is 1. The van der Waals surface area contributed by atoms with Crippen LogP contribution >= 0.6 is 0 Å². The molecule has 0 spiro atoms. The number of ether oxygens (including phenoxy) is 3. The predicted octanol–water partition coefficient (Wildman–Crippen LogP) is 0.536. The van der Waals surface area contributed by atoms with Gasteiger partial charge in [0.1, 0.15) is 30.2 Å². The van der Waals surface area contributed by atoms with Crippen molar-refractivity contribution < 1.29 is 34.3 Å². The van der Waals surface area contributed by atoms with Gasteiger partial charge in [0.25, 0.3) is 0 Å². The molecule has 2 heterocycles. The van der Waals surface area contributed by atoms with Crippen molar-refractivity contribution in [1.82, 2.24) is 4.90 Å². The first-order valence-corrected chi connectivity index (χ1v) is 9.85. The molecule has 3 N–H and O–H groups in total. The molecular weight excluding hydrogens is 366 g/mol. The van der Waals surface area contributed by atoms with Crippen molar-refractivity contribution in [3.8, 4) is 5.75 Å². The zero-order chi connectivity index (χ0) is 20.1. The summed E-state index contributed by atoms with van der Waals surface area (Å²) >= 11 is 0. The molecule has 1 aromatic rings. The summed E-state index contributed by atoms with van der Waals surface area (Å²) in [6.07, 6.45) is -2.35. The molecular formula is C20H29NO7. The van der Waals surface area contributed by atoms with E-state index in [1.807, 2.05) is 0 Å². The van der Waals surface area contributed by atoms with Crippen LogP contribution in [0.4, 0.5) is 0 Å². The minimum Gasteiger partial charge on any atom is -0.462 e. The van der Waals surface area contributed by atoms with Crippen LogP contribution in [0.3, 0.4) is 0 Å². The monoisotopic (exact) mass is 395 g/mol. The molecule has 156 valence electrons. The SMILES string of the molecule is CCOC(=O)c1ccc(O[C@H]2O[C@H](CN3CCCCC3)[C@@H](O)[C@H](O)[C@@H]2O)cc1. The highest BCUT2D eigenvalue weighted by Crippen LogP contribution is 2.26. The van der Waals surface area contributed by atoms with Gasteiger partial charge in [0.15, 0.2) is 0 Å². The van der Waals surface area contributed by atoms with E-state index in [1.54, 1.807) is 31.2 Å². The zero-order valence-corrected chi connectivity index (χ0v) is 16.1. The predicted molar refractivity (Wildman–Crippen MR) is 100.0 cm³/mol. The Morgan fingerprint density at radius 2 is 1.75 bits per heavy atom. The lowest BCUT2D eigenvalue weighted by Crippen LogP contribution is -2.61. The van der Waals surface area contributed by atoms with Gasteiger partial charge in [-0.25, -0.2) is 4.79 Å². The van der Waals surface area contributed by atoms with Crippen LogP contribution in [0.25, 0.3) is 0 Å². The number of benzene rings is 1. The van der Waals surface area contributed by atoms with Gasteiger partial charge in [-0.3, -0.25) is 0 Å². The fourth-order valence-electron chi connectivity index (χ4n) is 3.58. The molecule has 28 heavy (non-hydrogen) atoms. The molecule has 1 aromatic carbocycles. The van der Waals surface area contributed by atoms with E-state index in [9.17, 15) is 20.1 Å². The Bertz CT molecular complexity index is 632. The highest BCUT2D eigenvalue weighted by molar-refractivity contribution is 5.89. The number of aliphatic hydroxyl groups excluding tert-OH is 3. The molecule has 8 nitrogen and oxygen atoms in total. The number of aliphatic hydroxyl groups is 3. The van der Waals surface area contributed by atoms with Crippen LogP contribution in [-0.2, 0) is 9.47 Å². The van der Waals surface area contributed by atoms with E-state index < -0.39 is 36.7 Å². The van der Waals surface area contributed by atoms with Crippen molar-refractivity contribution in [3.05, 3.63) is 29.8 Å². The van der Waals surface area contributed by atoms with E-state index in [4.69, 9.17) is 14.2 Å². The van der Waals surface area contributed by atoms with Crippen LogP contribution in [0.2, 0.25) is 0 Å². The van der Waals surface area contributed by atoms with Crippen LogP contribution in [0.15, 0.2) is 24.3 Å². The Morgan fingerprint density at radius 1 is 1.07 bits per heavy atom. The van der Waals surface area contributed by atoms with Gasteiger partial charge in [-0.15, -0.1) is 0 Å². The topological polar surface area (TPSA) is 109 Å². The largest absolute Gasteiger partial charge is 0.462 e. The summed E-state index contributed by atoms with van der Waals surface area (Å²) in [5.74, 6) is -0.0550. The first-order chi connectivity index (χ1) is 13.5. The van der Waals surface area contributed by atoms with E-state index in [0.29, 0.717) is 17.9 Å². The Hall–Kier alpha value is -1.71. The summed E-state index contributed by atoms with van der Waals surface area (Å²) in [7, 11) is 0. The number of rotatable bonds is 6. The third-order valence-electron chi connectivity index (χ3n) is 5.17. The van der Waals surface area contributed by atoms with E-state index in [0.717, 1.165) is 25.9 Å². The second-order valence-electron chi connectivity index (χ2n) is 7.24. The Morgan fingerprint density at radius 3 is 2.39 bits per heavy atom. The summed E-state index contributed by atoms with van der Waals surface area (Å²) in [4.78, 5) is 13.9. The molecule has 2 aliphatic heterocycles. The molecule has 0 radical (unpaired) electrons. The average Bonchev–Trinajstić information content (AvgIpc) is 2.71. The summed E-state index contributed by atoms with van der Waals surface area (Å²) in [5, 5.41) is 30.8. The number of hydrogen-bond donors (Lipinski definition) is 3. The van der Waals surface area contributed by atoms with Gasteiger partial charge in [-0.05, 0) is 57.1 Å². The van der Waals surface area contributed by atoms with E-state index >= 15 is 0 Å². The van der Waals surface area contributed by atoms with Crippen molar-refractivity contribution in [3.63, 3.8) is 0 Å². The summed E-state index contributed by atoms with van der Waals surface area (Å²) in [6.45, 7) is 4.33. The Balaban J connectivity index is 1.63. The van der Waals surface area contributed by atoms with Crippen LogP contribution in [0.1, 0.15) is 36.5 Å². The number of carbonyl (C=O) groups is 1. The number of hydrogen-bond acceptors (Lipinski definition) is 8. The van der Waals surface area contributed by atoms with Crippen molar-refractivity contribution in [2.45, 2.75) is 56.9 Å². The van der Waals surface area contributed by atoms with Gasteiger partial charge in [-0.1, -0.05) is 6.42 Å². The Kier molecular flexibility index (Phi) is 7.25. The van der Waals surface area contributed by atoms with Gasteiger partial charge >= 0.3 is 5.97 Å². The highest BCUT2D eigenvalue weighted by Gasteiger charge is 2.45. The molecule has 2 fully saturated rings. The molecule has 0 aromatic heterocycles. The average molecular weight is 395 g/mol. The number of carbonyl (C=O) groups excluding carboxylic acids is 1. The van der Waals surface area contributed by atoms with Gasteiger partial charge in [0.05, 0.1) is 12.2 Å². The van der Waals surface area contributed by atoms with Crippen molar-refractivity contribution in [2.75, 3.05) is 26.2 Å². The van der Waals surface area contributed by atoms with Crippen LogP contribution < -0.4 is 4.74 Å². The summed E-state index contributed by atoms with van der Waals surface area (Å²) < 4.78 is 16.4. The molecule has 0 saturated carbocycles. The van der Waals surface area contributed by atoms with Crippen molar-refractivity contribution in [2.24, 2.45) is 0 Å². The number of likely N-dealkylation sites (tertiary alicyclic amines) is 1. The minimum atomic E-state index is -1.39. The smallest absolute Gasteiger partial charge is 0.338 e. The fourth-order valence-corrected chi connectivity index (χ4v) is 3.58. The Labute approximate surface area is 164 Å². The van der Waals surface area contributed by atoms with Crippen LogP contribution in [0.5, 0.6) is 5.75 Å². The normalized spacial score (nSPS) is 31.4. The van der Waals surface area contributed by atoms with Gasteiger partial charge in [0, 0.05) is 6.54 Å². The van der Waals surface area contributed by atoms with Crippen LogP contribution in [0, 0.1) is 0 Å². The molecule has 5 atom stereocenters. The molecule has 0 amide bonds. The van der Waals surface area contributed by atoms with E-state index in [-0.39, 0.29) is 6.61 Å². The quantitative estimate of drug-likeness (QED) is 0.599. The van der Waals surface area contributed by atoms with Gasteiger partial charge in [0.2, 0.25) is 6.29 Å². The molecule has 0 aliphatic carbocycles. The lowest BCUT2D eigenvalue weighted by molar-refractivity contribution is -0.274. The minimum absolute atomic E-state index is 0.289. The van der Waals surface area contributed by atoms with Gasteiger partial charge in [-0.2, -0.15) is 0 Å². The lowest BCUT2D eigenvalue weighted by atomic mass is 9.98. The summed E-state index contributed by atoms with van der Waals surface area (Å²) in [6, 6.07) is 6.25. The maximum Gasteiger partial charge on any atom is 0.338 e. The highest BCUT2D eigenvalue weighted by atomic mass is 16.7. The van der Waals surface area contributed by atoms with E-state index in [2.05, 4.69) is 4.90 Å². The van der Waals surface area contributed by atoms with E-state index in [1.165, 1.54) is 6.42 Å². The number of piperidine rings is 1. The second-order valence-corrected chi connectivity index (χ2v) is 7.24. The molecule has 0 bridgehead atoms. The molecule has 2 saturated heterocycles. The van der Waals surface area contributed by atoms with Crippen molar-refractivity contribution in [1.29, 1.82) is 0 Å². The standard InChI is InChI=1S/C20H29NO7/c1-2-26-19(25)13-6-8-14(9-7-13)27-20-18(24)17(23)16(22)15(28-20)12-21-10-4-3-5-11-21/h6-9,15-18,20,22-24H,2-5,10-12H2,1H3/t15-,16-,17+,18+,20+/m1/s1. The third kappa shape index (κ3) is 5.01. The third-order valence-corrected chi connectivity index (χ3v) is 5.17. The molecule has 0 unspecified atom stereocenters. The first kappa shape index (κ1) is 21.0. The zero-order valence-electron chi connectivity index (χ0n) is 16.1. The molecule has 3 rings (SSSR count). The summed E-state index contributed by atoms with van der Waals surface area (Å²) in [5.41, 5.74) is 0.387. The first-order valence-electron chi connectivity index (χ1n) is 9.85.